The van der Waals surface area contributed by atoms with Crippen LogP contribution < -0.4 is 5.32 Å². The first-order valence-corrected chi connectivity index (χ1v) is 8.61. The highest BCUT2D eigenvalue weighted by molar-refractivity contribution is 5.97. The topological polar surface area (TPSA) is 117 Å². The van der Waals surface area contributed by atoms with E-state index in [4.69, 9.17) is 5.11 Å². The number of amides is 1. The predicted molar refractivity (Wildman–Crippen MR) is 89.5 cm³/mol. The van der Waals surface area contributed by atoms with Gasteiger partial charge >= 0.3 is 5.97 Å². The lowest BCUT2D eigenvalue weighted by atomic mass is 9.85. The molecular formula is C17H22N4O4. The van der Waals surface area contributed by atoms with Gasteiger partial charge in [0.25, 0.3) is 5.91 Å². The Morgan fingerprint density at radius 1 is 1.28 bits per heavy atom. The molecule has 25 heavy (non-hydrogen) atoms. The van der Waals surface area contributed by atoms with Crippen LogP contribution in [0.4, 0.5) is 0 Å². The second-order valence-electron chi connectivity index (χ2n) is 6.52. The van der Waals surface area contributed by atoms with Crippen LogP contribution in [0.15, 0.2) is 12.4 Å². The number of rotatable bonds is 6. The van der Waals surface area contributed by atoms with Crippen molar-refractivity contribution in [1.29, 1.82) is 0 Å². The van der Waals surface area contributed by atoms with Crippen molar-refractivity contribution in [3.8, 4) is 5.75 Å². The minimum atomic E-state index is -1.16. The summed E-state index contributed by atoms with van der Waals surface area (Å²) in [6.07, 6.45) is 9.45. The van der Waals surface area contributed by atoms with Crippen LogP contribution in [0.1, 0.15) is 54.6 Å². The Kier molecular flexibility index (Phi) is 5.16. The summed E-state index contributed by atoms with van der Waals surface area (Å²) in [5.41, 5.74) is 1.26. The number of hydrogen-bond acceptors (Lipinski definition) is 5. The van der Waals surface area contributed by atoms with Crippen molar-refractivity contribution in [2.45, 2.75) is 44.9 Å². The number of pyridine rings is 1. The first-order chi connectivity index (χ1) is 12.1. The molecule has 1 fully saturated rings. The van der Waals surface area contributed by atoms with Crippen molar-refractivity contribution in [1.82, 2.24) is 19.9 Å². The molecule has 8 nitrogen and oxygen atoms in total. The first kappa shape index (κ1) is 17.2. The monoisotopic (exact) mass is 346 g/mol. The van der Waals surface area contributed by atoms with Gasteiger partial charge in [-0.3, -0.25) is 9.59 Å². The number of nitrogens with one attached hydrogen (secondary N) is 1. The second-order valence-corrected chi connectivity index (χ2v) is 6.52. The smallest absolute Gasteiger partial charge is 0.322 e. The number of carbonyl (C=O) groups excluding carboxylic acids is 1. The molecule has 1 aliphatic carbocycles. The number of carbonyl (C=O) groups is 2. The van der Waals surface area contributed by atoms with Crippen LogP contribution in [0.5, 0.6) is 5.75 Å². The van der Waals surface area contributed by atoms with Gasteiger partial charge in [0.1, 0.15) is 18.6 Å². The molecule has 8 heteroatoms. The number of aryl methyl sites for hydroxylation is 1. The number of aromatic nitrogens is 3. The molecule has 1 saturated carbocycles. The average molecular weight is 346 g/mol. The van der Waals surface area contributed by atoms with Crippen molar-refractivity contribution in [2.24, 2.45) is 5.92 Å². The van der Waals surface area contributed by atoms with Gasteiger partial charge in [-0.25, -0.2) is 9.50 Å². The van der Waals surface area contributed by atoms with Crippen LogP contribution in [0.2, 0.25) is 0 Å². The molecule has 134 valence electrons. The van der Waals surface area contributed by atoms with Gasteiger partial charge in [0.2, 0.25) is 0 Å². The Bertz CT molecular complexity index is 780. The van der Waals surface area contributed by atoms with Crippen molar-refractivity contribution >= 4 is 17.5 Å². The number of nitrogens with zero attached hydrogens (tertiary/aromatic N) is 3. The Morgan fingerprint density at radius 2 is 2.04 bits per heavy atom. The Morgan fingerprint density at radius 3 is 2.76 bits per heavy atom. The van der Waals surface area contributed by atoms with Crippen LogP contribution in [0.3, 0.4) is 0 Å². The molecule has 1 aliphatic rings. The molecule has 3 rings (SSSR count). The van der Waals surface area contributed by atoms with Gasteiger partial charge in [0, 0.05) is 5.56 Å². The Hall–Kier alpha value is -2.64. The molecule has 2 aromatic heterocycles. The van der Waals surface area contributed by atoms with Gasteiger partial charge in [-0.15, -0.1) is 0 Å². The van der Waals surface area contributed by atoms with E-state index in [0.29, 0.717) is 11.6 Å². The van der Waals surface area contributed by atoms with Gasteiger partial charge in [-0.2, -0.15) is 5.10 Å². The van der Waals surface area contributed by atoms with E-state index in [1.165, 1.54) is 42.9 Å². The average Bonchev–Trinajstić information content (AvgIpc) is 3.08. The largest absolute Gasteiger partial charge is 0.505 e. The van der Waals surface area contributed by atoms with E-state index >= 15 is 0 Å². The SMILES string of the molecule is O=C(O)CNC(=O)c1c(O)cc(CCC2CCCCC2)c2ncnn12. The molecule has 0 bridgehead atoms. The third-order valence-electron chi connectivity index (χ3n) is 4.76. The Balaban J connectivity index is 1.82. The summed E-state index contributed by atoms with van der Waals surface area (Å²) in [6.45, 7) is -0.530. The first-order valence-electron chi connectivity index (χ1n) is 8.61. The Labute approximate surface area is 144 Å². The lowest BCUT2D eigenvalue weighted by molar-refractivity contribution is -0.135. The van der Waals surface area contributed by atoms with Gasteiger partial charge in [-0.1, -0.05) is 32.1 Å². The highest BCUT2D eigenvalue weighted by atomic mass is 16.4. The fourth-order valence-electron chi connectivity index (χ4n) is 3.50. The van der Waals surface area contributed by atoms with Crippen molar-refractivity contribution in [2.75, 3.05) is 6.54 Å². The van der Waals surface area contributed by atoms with E-state index in [1.807, 2.05) is 0 Å². The van der Waals surface area contributed by atoms with Crippen LogP contribution in [0, 0.1) is 5.92 Å². The third kappa shape index (κ3) is 3.89. The quantitative estimate of drug-likeness (QED) is 0.734. The van der Waals surface area contributed by atoms with Gasteiger partial charge < -0.3 is 15.5 Å². The summed E-state index contributed by atoms with van der Waals surface area (Å²) >= 11 is 0. The molecule has 0 aliphatic heterocycles. The summed E-state index contributed by atoms with van der Waals surface area (Å²) in [5, 5.41) is 25.2. The molecule has 0 atom stereocenters. The minimum Gasteiger partial charge on any atom is -0.505 e. The summed E-state index contributed by atoms with van der Waals surface area (Å²) in [7, 11) is 0. The summed E-state index contributed by atoms with van der Waals surface area (Å²) < 4.78 is 1.28. The molecule has 0 spiro atoms. The minimum absolute atomic E-state index is 0.102. The second kappa shape index (κ2) is 7.50. The maximum Gasteiger partial charge on any atom is 0.322 e. The summed E-state index contributed by atoms with van der Waals surface area (Å²) in [4.78, 5) is 27.0. The number of hydrogen-bond donors (Lipinski definition) is 3. The molecule has 0 saturated heterocycles. The maximum absolute atomic E-state index is 12.2. The molecule has 0 unspecified atom stereocenters. The van der Waals surface area contributed by atoms with Gasteiger partial charge in [-0.05, 0) is 24.8 Å². The fourth-order valence-corrected chi connectivity index (χ4v) is 3.50. The standard InChI is InChI=1S/C17H22N4O4/c22-13-8-12(7-6-11-4-2-1-3-5-11)16-19-10-20-21(16)15(13)17(25)18-9-14(23)24/h8,10-11,22H,1-7,9H2,(H,18,25)(H,23,24). The number of carboxylic acids is 1. The normalized spacial score (nSPS) is 15.4. The van der Waals surface area contributed by atoms with Crippen molar-refractivity contribution < 1.29 is 19.8 Å². The van der Waals surface area contributed by atoms with Crippen molar-refractivity contribution in [3.05, 3.63) is 23.7 Å². The molecule has 0 aromatic carbocycles. The molecular weight excluding hydrogens is 324 g/mol. The van der Waals surface area contributed by atoms with E-state index in [-0.39, 0.29) is 11.4 Å². The molecule has 2 heterocycles. The molecule has 1 amide bonds. The molecule has 0 radical (unpaired) electrons. The van der Waals surface area contributed by atoms with Crippen LogP contribution >= 0.6 is 0 Å². The number of fused-ring (bicyclic) bond motifs is 1. The zero-order valence-corrected chi connectivity index (χ0v) is 13.9. The van der Waals surface area contributed by atoms with E-state index in [0.717, 1.165) is 18.4 Å². The lowest BCUT2D eigenvalue weighted by Gasteiger charge is -2.21. The lowest BCUT2D eigenvalue weighted by Crippen LogP contribution is -2.31. The van der Waals surface area contributed by atoms with E-state index in [1.54, 1.807) is 6.07 Å². The molecule has 2 aromatic rings. The summed E-state index contributed by atoms with van der Waals surface area (Å²) in [6, 6.07) is 1.54. The zero-order chi connectivity index (χ0) is 17.8. The maximum atomic E-state index is 12.2. The highest BCUT2D eigenvalue weighted by Crippen LogP contribution is 2.29. The van der Waals surface area contributed by atoms with E-state index < -0.39 is 18.4 Å². The van der Waals surface area contributed by atoms with E-state index in [2.05, 4.69) is 15.4 Å². The van der Waals surface area contributed by atoms with E-state index in [9.17, 15) is 14.7 Å². The van der Waals surface area contributed by atoms with Crippen LogP contribution in [0.25, 0.3) is 5.65 Å². The molecule has 3 N–H and O–H groups in total. The van der Waals surface area contributed by atoms with Crippen molar-refractivity contribution in [3.63, 3.8) is 0 Å². The van der Waals surface area contributed by atoms with Gasteiger partial charge in [0.15, 0.2) is 11.3 Å². The number of aromatic hydroxyl groups is 1. The summed E-state index contributed by atoms with van der Waals surface area (Å²) in [5.74, 6) is -1.39. The van der Waals surface area contributed by atoms with Crippen LogP contribution in [-0.2, 0) is 11.2 Å². The zero-order valence-electron chi connectivity index (χ0n) is 13.9. The number of aliphatic carboxylic acids is 1. The highest BCUT2D eigenvalue weighted by Gasteiger charge is 2.21. The fraction of sp³-hybridized carbons (Fsp3) is 0.529. The third-order valence-corrected chi connectivity index (χ3v) is 4.76. The predicted octanol–water partition coefficient (Wildman–Crippen LogP) is 1.76. The van der Waals surface area contributed by atoms with Crippen LogP contribution in [-0.4, -0.2) is 43.2 Å². The number of carboxylic acid groups (broad SMARTS) is 1. The van der Waals surface area contributed by atoms with Gasteiger partial charge in [0.05, 0.1) is 0 Å².